The average Bonchev–Trinajstić information content (AvgIpc) is 2.96. The van der Waals surface area contributed by atoms with Crippen LogP contribution in [-0.4, -0.2) is 4.98 Å². The Morgan fingerprint density at radius 3 is 2.38 bits per heavy atom. The summed E-state index contributed by atoms with van der Waals surface area (Å²) in [6.07, 6.45) is 4.05. The zero-order valence-electron chi connectivity index (χ0n) is 11.6. The molecule has 0 fully saturated rings. The Bertz CT molecular complexity index is 755. The minimum Gasteiger partial charge on any atom is -0.237 e. The van der Waals surface area contributed by atoms with Gasteiger partial charge in [0, 0.05) is 10.9 Å². The van der Waals surface area contributed by atoms with Crippen molar-refractivity contribution in [3.8, 4) is 11.3 Å². The maximum absolute atomic E-state index is 12.9. The molecule has 0 aliphatic heterocycles. The third kappa shape index (κ3) is 3.44. The molecule has 3 rings (SSSR count). The minimum absolute atomic E-state index is 0.228. The Hall–Kier alpha value is -2.26. The first-order valence-electron chi connectivity index (χ1n) is 6.67. The normalized spacial score (nSPS) is 11.1. The predicted molar refractivity (Wildman–Crippen MR) is 87.6 cm³/mol. The van der Waals surface area contributed by atoms with E-state index in [0.29, 0.717) is 0 Å². The van der Waals surface area contributed by atoms with Gasteiger partial charge in [-0.25, -0.2) is 9.37 Å². The summed E-state index contributed by atoms with van der Waals surface area (Å²) in [6, 6.07) is 14.8. The van der Waals surface area contributed by atoms with Crippen molar-refractivity contribution in [2.24, 2.45) is 0 Å². The van der Waals surface area contributed by atoms with Gasteiger partial charge in [0.2, 0.25) is 0 Å². The maximum atomic E-state index is 12.9. The predicted octanol–water partition coefficient (Wildman–Crippen LogP) is 5.43. The van der Waals surface area contributed by atoms with E-state index in [0.717, 1.165) is 21.8 Å². The third-order valence-corrected chi connectivity index (χ3v) is 3.97. The van der Waals surface area contributed by atoms with E-state index >= 15 is 0 Å². The zero-order valence-corrected chi connectivity index (χ0v) is 12.4. The number of benzene rings is 2. The lowest BCUT2D eigenvalue weighted by molar-refractivity contribution is 0.628. The molecule has 1 aromatic heterocycles. The van der Waals surface area contributed by atoms with Gasteiger partial charge >= 0.3 is 0 Å². The molecule has 0 bridgehead atoms. The highest BCUT2D eigenvalue weighted by molar-refractivity contribution is 7.10. The third-order valence-electron chi connectivity index (χ3n) is 3.16. The number of aryl methyl sites for hydroxylation is 1. The largest absolute Gasteiger partial charge is 0.237 e. The fourth-order valence-electron chi connectivity index (χ4n) is 1.96. The highest BCUT2D eigenvalue weighted by Crippen LogP contribution is 2.23. The number of hydrogen-bond donors (Lipinski definition) is 0. The molecule has 0 amide bonds. The molecule has 3 aromatic rings. The molecule has 3 heteroatoms. The van der Waals surface area contributed by atoms with Gasteiger partial charge in [-0.1, -0.05) is 35.9 Å². The molecular formula is C18H14FNS. The highest BCUT2D eigenvalue weighted by Gasteiger charge is 2.02. The number of thiazole rings is 1. The zero-order chi connectivity index (χ0) is 14.7. The molecule has 0 saturated heterocycles. The van der Waals surface area contributed by atoms with E-state index in [-0.39, 0.29) is 5.82 Å². The van der Waals surface area contributed by atoms with E-state index in [2.05, 4.69) is 36.2 Å². The van der Waals surface area contributed by atoms with E-state index in [4.69, 9.17) is 0 Å². The molecule has 104 valence electrons. The molecule has 0 N–H and O–H groups in total. The summed E-state index contributed by atoms with van der Waals surface area (Å²) in [5.41, 5.74) is 4.21. The van der Waals surface area contributed by atoms with Gasteiger partial charge in [-0.15, -0.1) is 11.3 Å². The molecule has 0 saturated carbocycles. The standard InChI is InChI=1S/C18H14FNS/c1-13-2-4-14(5-3-13)6-11-18-20-17(12-21-18)15-7-9-16(19)10-8-15/h2-12H,1H3/b11-6+. The van der Waals surface area contributed by atoms with E-state index < -0.39 is 0 Å². The van der Waals surface area contributed by atoms with Crippen molar-refractivity contribution in [2.75, 3.05) is 0 Å². The summed E-state index contributed by atoms with van der Waals surface area (Å²) < 4.78 is 12.9. The van der Waals surface area contributed by atoms with Gasteiger partial charge in [0.15, 0.2) is 0 Å². The van der Waals surface area contributed by atoms with Crippen LogP contribution in [0.4, 0.5) is 4.39 Å². The number of hydrogen-bond acceptors (Lipinski definition) is 2. The van der Waals surface area contributed by atoms with Crippen molar-refractivity contribution in [3.05, 3.63) is 75.9 Å². The van der Waals surface area contributed by atoms with Crippen LogP contribution in [0.25, 0.3) is 23.4 Å². The van der Waals surface area contributed by atoms with Crippen molar-refractivity contribution in [1.82, 2.24) is 4.98 Å². The first-order chi connectivity index (χ1) is 10.2. The van der Waals surface area contributed by atoms with Crippen molar-refractivity contribution in [2.45, 2.75) is 6.92 Å². The number of aromatic nitrogens is 1. The lowest BCUT2D eigenvalue weighted by Gasteiger charge is -1.95. The van der Waals surface area contributed by atoms with Crippen molar-refractivity contribution < 1.29 is 4.39 Å². The second-order valence-corrected chi connectivity index (χ2v) is 5.71. The highest BCUT2D eigenvalue weighted by atomic mass is 32.1. The fraction of sp³-hybridized carbons (Fsp3) is 0.0556. The molecular weight excluding hydrogens is 281 g/mol. The van der Waals surface area contributed by atoms with Crippen LogP contribution in [0.5, 0.6) is 0 Å². The van der Waals surface area contributed by atoms with Crippen molar-refractivity contribution >= 4 is 23.5 Å². The molecule has 1 heterocycles. The second-order valence-electron chi connectivity index (χ2n) is 4.82. The van der Waals surface area contributed by atoms with Gasteiger partial charge in [0.25, 0.3) is 0 Å². The fourth-order valence-corrected chi connectivity index (χ4v) is 2.68. The Morgan fingerprint density at radius 1 is 0.952 bits per heavy atom. The summed E-state index contributed by atoms with van der Waals surface area (Å²) in [4.78, 5) is 4.55. The van der Waals surface area contributed by atoms with Crippen molar-refractivity contribution in [1.29, 1.82) is 0 Å². The summed E-state index contributed by atoms with van der Waals surface area (Å²) >= 11 is 1.58. The minimum atomic E-state index is -0.228. The molecule has 0 radical (unpaired) electrons. The molecule has 2 aromatic carbocycles. The van der Waals surface area contributed by atoms with Crippen molar-refractivity contribution in [3.63, 3.8) is 0 Å². The smallest absolute Gasteiger partial charge is 0.123 e. The van der Waals surface area contributed by atoms with Gasteiger partial charge in [0.05, 0.1) is 5.69 Å². The van der Waals surface area contributed by atoms with Crippen LogP contribution in [0, 0.1) is 12.7 Å². The SMILES string of the molecule is Cc1ccc(/C=C/c2nc(-c3ccc(F)cc3)cs2)cc1. The van der Waals surface area contributed by atoms with Crippen LogP contribution >= 0.6 is 11.3 Å². The van der Waals surface area contributed by atoms with Gasteiger partial charge in [0.1, 0.15) is 10.8 Å². The van der Waals surface area contributed by atoms with Gasteiger partial charge in [-0.05, 0) is 42.8 Å². The van der Waals surface area contributed by atoms with Crippen LogP contribution in [0.1, 0.15) is 16.1 Å². The van der Waals surface area contributed by atoms with Crippen LogP contribution in [0.3, 0.4) is 0 Å². The van der Waals surface area contributed by atoms with Crippen LogP contribution < -0.4 is 0 Å². The molecule has 0 atom stereocenters. The molecule has 0 unspecified atom stereocenters. The Morgan fingerprint density at radius 2 is 1.67 bits per heavy atom. The Kier molecular flexibility index (Phi) is 3.93. The Labute approximate surface area is 127 Å². The average molecular weight is 295 g/mol. The summed E-state index contributed by atoms with van der Waals surface area (Å²) in [5, 5.41) is 2.93. The topological polar surface area (TPSA) is 12.9 Å². The summed E-state index contributed by atoms with van der Waals surface area (Å²) in [7, 11) is 0. The summed E-state index contributed by atoms with van der Waals surface area (Å²) in [5.74, 6) is -0.228. The number of nitrogens with zero attached hydrogens (tertiary/aromatic N) is 1. The van der Waals surface area contributed by atoms with Gasteiger partial charge < -0.3 is 0 Å². The van der Waals surface area contributed by atoms with Crippen LogP contribution in [-0.2, 0) is 0 Å². The summed E-state index contributed by atoms with van der Waals surface area (Å²) in [6.45, 7) is 2.07. The van der Waals surface area contributed by atoms with Gasteiger partial charge in [-0.2, -0.15) is 0 Å². The molecule has 0 spiro atoms. The molecule has 0 aliphatic carbocycles. The first kappa shape index (κ1) is 13.7. The van der Waals surface area contributed by atoms with E-state index in [1.165, 1.54) is 17.7 Å². The monoisotopic (exact) mass is 295 g/mol. The maximum Gasteiger partial charge on any atom is 0.123 e. The van der Waals surface area contributed by atoms with E-state index in [1.807, 2.05) is 17.5 Å². The molecule has 21 heavy (non-hydrogen) atoms. The van der Waals surface area contributed by atoms with Crippen LogP contribution in [0.2, 0.25) is 0 Å². The quantitative estimate of drug-likeness (QED) is 0.628. The second kappa shape index (κ2) is 6.02. The first-order valence-corrected chi connectivity index (χ1v) is 7.55. The molecule has 1 nitrogen and oxygen atoms in total. The number of halogens is 1. The Balaban J connectivity index is 1.78. The van der Waals surface area contributed by atoms with Crippen LogP contribution in [0.15, 0.2) is 53.9 Å². The lowest BCUT2D eigenvalue weighted by Crippen LogP contribution is -1.79. The molecule has 0 aliphatic rings. The van der Waals surface area contributed by atoms with E-state index in [9.17, 15) is 4.39 Å². The lowest BCUT2D eigenvalue weighted by atomic mass is 10.1. The number of rotatable bonds is 3. The van der Waals surface area contributed by atoms with Gasteiger partial charge in [-0.3, -0.25) is 0 Å². The van der Waals surface area contributed by atoms with E-state index in [1.54, 1.807) is 23.5 Å².